The SMILES string of the molecule is Cc1cccc2c1nc(N)n2C1CCCNC1=O. The lowest BCUT2D eigenvalue weighted by atomic mass is 10.1. The smallest absolute Gasteiger partial charge is 0.243 e. The maximum absolute atomic E-state index is 12.0. The van der Waals surface area contributed by atoms with E-state index in [0.717, 1.165) is 36.0 Å². The normalized spacial score (nSPS) is 20.1. The Morgan fingerprint density at radius 2 is 2.33 bits per heavy atom. The average molecular weight is 244 g/mol. The molecule has 94 valence electrons. The molecule has 1 amide bonds. The highest BCUT2D eigenvalue weighted by Gasteiger charge is 2.27. The molecule has 0 saturated carbocycles. The molecule has 2 heterocycles. The van der Waals surface area contributed by atoms with Gasteiger partial charge in [-0.2, -0.15) is 0 Å². The van der Waals surface area contributed by atoms with Gasteiger partial charge in [-0.15, -0.1) is 0 Å². The molecule has 2 aromatic rings. The average Bonchev–Trinajstić information content (AvgIpc) is 2.68. The van der Waals surface area contributed by atoms with Crippen LogP contribution in [0.15, 0.2) is 18.2 Å². The van der Waals surface area contributed by atoms with Gasteiger partial charge >= 0.3 is 0 Å². The second-order valence-corrected chi connectivity index (χ2v) is 4.73. The van der Waals surface area contributed by atoms with Crippen molar-refractivity contribution in [2.45, 2.75) is 25.8 Å². The summed E-state index contributed by atoms with van der Waals surface area (Å²) in [6, 6.07) is 5.70. The first-order valence-corrected chi connectivity index (χ1v) is 6.19. The standard InChI is InChI=1S/C13H16N4O/c1-8-4-2-5-9-11(8)16-13(14)17(9)10-6-3-7-15-12(10)18/h2,4-5,10H,3,6-7H2,1H3,(H2,14,16)(H,15,18). The molecule has 18 heavy (non-hydrogen) atoms. The van der Waals surface area contributed by atoms with Gasteiger partial charge in [0.05, 0.1) is 11.0 Å². The van der Waals surface area contributed by atoms with Crippen LogP contribution in [-0.2, 0) is 4.79 Å². The molecule has 0 spiro atoms. The van der Waals surface area contributed by atoms with E-state index in [1.54, 1.807) is 0 Å². The molecule has 1 aromatic carbocycles. The van der Waals surface area contributed by atoms with E-state index in [0.29, 0.717) is 5.95 Å². The summed E-state index contributed by atoms with van der Waals surface area (Å²) in [5, 5.41) is 2.88. The zero-order chi connectivity index (χ0) is 12.7. The second kappa shape index (κ2) is 4.01. The van der Waals surface area contributed by atoms with Gasteiger partial charge in [0.2, 0.25) is 11.9 Å². The maximum atomic E-state index is 12.0. The fourth-order valence-corrected chi connectivity index (χ4v) is 2.60. The van der Waals surface area contributed by atoms with E-state index in [-0.39, 0.29) is 11.9 Å². The first-order valence-electron chi connectivity index (χ1n) is 6.19. The van der Waals surface area contributed by atoms with Crippen LogP contribution in [0.1, 0.15) is 24.4 Å². The van der Waals surface area contributed by atoms with Crippen LogP contribution < -0.4 is 11.1 Å². The van der Waals surface area contributed by atoms with E-state index in [1.165, 1.54) is 0 Å². The predicted molar refractivity (Wildman–Crippen MR) is 70.2 cm³/mol. The van der Waals surface area contributed by atoms with Crippen molar-refractivity contribution in [3.8, 4) is 0 Å². The number of rotatable bonds is 1. The summed E-state index contributed by atoms with van der Waals surface area (Å²) in [7, 11) is 0. The lowest BCUT2D eigenvalue weighted by Gasteiger charge is -2.24. The lowest BCUT2D eigenvalue weighted by molar-refractivity contribution is -0.125. The molecule has 3 rings (SSSR count). The Kier molecular flexibility index (Phi) is 2.47. The Bertz CT molecular complexity index is 617. The van der Waals surface area contributed by atoms with Gasteiger partial charge in [0.25, 0.3) is 0 Å². The molecule has 0 radical (unpaired) electrons. The monoisotopic (exact) mass is 244 g/mol. The van der Waals surface area contributed by atoms with Crippen LogP contribution in [0.4, 0.5) is 5.95 Å². The van der Waals surface area contributed by atoms with Crippen molar-refractivity contribution in [1.82, 2.24) is 14.9 Å². The van der Waals surface area contributed by atoms with Crippen LogP contribution in [0.25, 0.3) is 11.0 Å². The molecule has 1 atom stereocenters. The van der Waals surface area contributed by atoms with Crippen molar-refractivity contribution in [1.29, 1.82) is 0 Å². The Morgan fingerprint density at radius 3 is 3.11 bits per heavy atom. The summed E-state index contributed by atoms with van der Waals surface area (Å²) in [5.74, 6) is 0.454. The summed E-state index contributed by atoms with van der Waals surface area (Å²) in [5.41, 5.74) is 8.89. The fourth-order valence-electron chi connectivity index (χ4n) is 2.60. The fraction of sp³-hybridized carbons (Fsp3) is 0.385. The minimum Gasteiger partial charge on any atom is -0.369 e. The number of aromatic nitrogens is 2. The highest BCUT2D eigenvalue weighted by molar-refractivity contribution is 5.87. The van der Waals surface area contributed by atoms with E-state index < -0.39 is 0 Å². The predicted octanol–water partition coefficient (Wildman–Crippen LogP) is 1.38. The molecule has 1 aromatic heterocycles. The minimum absolute atomic E-state index is 0.0359. The Morgan fingerprint density at radius 1 is 1.50 bits per heavy atom. The van der Waals surface area contributed by atoms with Crippen molar-refractivity contribution < 1.29 is 4.79 Å². The highest BCUT2D eigenvalue weighted by atomic mass is 16.2. The highest BCUT2D eigenvalue weighted by Crippen LogP contribution is 2.28. The van der Waals surface area contributed by atoms with Crippen molar-refractivity contribution in [3.05, 3.63) is 23.8 Å². The Balaban J connectivity index is 2.19. The molecule has 3 N–H and O–H groups in total. The molecular weight excluding hydrogens is 228 g/mol. The summed E-state index contributed by atoms with van der Waals surface area (Å²) in [6.07, 6.45) is 1.79. The number of nitrogen functional groups attached to an aromatic ring is 1. The number of fused-ring (bicyclic) bond motifs is 1. The van der Waals surface area contributed by atoms with Crippen molar-refractivity contribution in [2.75, 3.05) is 12.3 Å². The number of para-hydroxylation sites is 1. The largest absolute Gasteiger partial charge is 0.369 e. The number of amides is 1. The Labute approximate surface area is 105 Å². The van der Waals surface area contributed by atoms with Gasteiger partial charge < -0.3 is 11.1 Å². The molecule has 0 aliphatic carbocycles. The molecule has 1 unspecified atom stereocenters. The van der Waals surface area contributed by atoms with Gasteiger partial charge in [0, 0.05) is 6.54 Å². The number of hydrogen-bond acceptors (Lipinski definition) is 3. The first-order chi connectivity index (χ1) is 8.68. The number of aryl methyl sites for hydroxylation is 1. The van der Waals surface area contributed by atoms with E-state index in [2.05, 4.69) is 10.3 Å². The number of benzene rings is 1. The Hall–Kier alpha value is -2.04. The maximum Gasteiger partial charge on any atom is 0.243 e. The van der Waals surface area contributed by atoms with Crippen LogP contribution in [0.2, 0.25) is 0 Å². The molecule has 5 nitrogen and oxygen atoms in total. The molecular formula is C13H16N4O. The summed E-state index contributed by atoms with van der Waals surface area (Å²) >= 11 is 0. The molecule has 5 heteroatoms. The molecule has 1 aliphatic heterocycles. The summed E-state index contributed by atoms with van der Waals surface area (Å²) in [4.78, 5) is 16.3. The first kappa shape index (κ1) is 11.1. The van der Waals surface area contributed by atoms with Crippen LogP contribution in [0.5, 0.6) is 0 Å². The lowest BCUT2D eigenvalue weighted by Crippen LogP contribution is -2.38. The number of anilines is 1. The zero-order valence-electron chi connectivity index (χ0n) is 10.3. The van der Waals surface area contributed by atoms with Gasteiger partial charge in [-0.3, -0.25) is 9.36 Å². The van der Waals surface area contributed by atoms with Crippen LogP contribution >= 0.6 is 0 Å². The summed E-state index contributed by atoms with van der Waals surface area (Å²) in [6.45, 7) is 2.75. The topological polar surface area (TPSA) is 72.9 Å². The number of piperidine rings is 1. The minimum atomic E-state index is -0.231. The number of nitrogens with two attached hydrogens (primary N) is 1. The van der Waals surface area contributed by atoms with Crippen LogP contribution in [-0.4, -0.2) is 22.0 Å². The number of imidazole rings is 1. The molecule has 0 bridgehead atoms. The number of carbonyl (C=O) groups is 1. The van der Waals surface area contributed by atoms with Crippen LogP contribution in [0, 0.1) is 6.92 Å². The molecule has 1 fully saturated rings. The van der Waals surface area contributed by atoms with Gasteiger partial charge in [-0.1, -0.05) is 12.1 Å². The number of hydrogen-bond donors (Lipinski definition) is 2. The van der Waals surface area contributed by atoms with Gasteiger partial charge in [0.1, 0.15) is 6.04 Å². The van der Waals surface area contributed by atoms with Gasteiger partial charge in [-0.25, -0.2) is 4.98 Å². The van der Waals surface area contributed by atoms with E-state index in [9.17, 15) is 4.79 Å². The van der Waals surface area contributed by atoms with E-state index in [4.69, 9.17) is 5.73 Å². The van der Waals surface area contributed by atoms with Crippen molar-refractivity contribution in [2.24, 2.45) is 0 Å². The molecule has 1 saturated heterocycles. The third-order valence-electron chi connectivity index (χ3n) is 3.52. The van der Waals surface area contributed by atoms with E-state index in [1.807, 2.05) is 29.7 Å². The van der Waals surface area contributed by atoms with Crippen molar-refractivity contribution in [3.63, 3.8) is 0 Å². The number of carbonyl (C=O) groups excluding carboxylic acids is 1. The van der Waals surface area contributed by atoms with Gasteiger partial charge in [-0.05, 0) is 31.4 Å². The number of nitrogens with one attached hydrogen (secondary N) is 1. The number of nitrogens with zero attached hydrogens (tertiary/aromatic N) is 2. The van der Waals surface area contributed by atoms with E-state index >= 15 is 0 Å². The van der Waals surface area contributed by atoms with Gasteiger partial charge in [0.15, 0.2) is 0 Å². The summed E-state index contributed by atoms with van der Waals surface area (Å²) < 4.78 is 1.86. The third kappa shape index (κ3) is 1.54. The quantitative estimate of drug-likeness (QED) is 0.796. The molecule has 1 aliphatic rings. The second-order valence-electron chi connectivity index (χ2n) is 4.73. The third-order valence-corrected chi connectivity index (χ3v) is 3.52. The van der Waals surface area contributed by atoms with Crippen LogP contribution in [0.3, 0.4) is 0 Å². The van der Waals surface area contributed by atoms with Crippen molar-refractivity contribution >= 4 is 22.9 Å². The zero-order valence-corrected chi connectivity index (χ0v) is 10.3.